The highest BCUT2D eigenvalue weighted by Gasteiger charge is 2.14. The predicted molar refractivity (Wildman–Crippen MR) is 45.6 cm³/mol. The highest BCUT2D eigenvalue weighted by molar-refractivity contribution is 4.98. The van der Waals surface area contributed by atoms with Crippen LogP contribution in [0.2, 0.25) is 0 Å². The van der Waals surface area contributed by atoms with Gasteiger partial charge in [-0.2, -0.15) is 5.90 Å². The summed E-state index contributed by atoms with van der Waals surface area (Å²) in [5.74, 6) is 6.88. The first-order valence-corrected chi connectivity index (χ1v) is 4.42. The van der Waals surface area contributed by atoms with Gasteiger partial charge in [-0.05, 0) is 24.8 Å². The van der Waals surface area contributed by atoms with Crippen molar-refractivity contribution in [1.82, 2.24) is 0 Å². The van der Waals surface area contributed by atoms with Crippen molar-refractivity contribution in [2.75, 3.05) is 0 Å². The fraction of sp³-hybridized carbons (Fsp3) is 0.778. The van der Waals surface area contributed by atoms with Crippen LogP contribution in [0.25, 0.3) is 0 Å². The van der Waals surface area contributed by atoms with E-state index in [1.807, 2.05) is 0 Å². The fourth-order valence-corrected chi connectivity index (χ4v) is 1.70. The van der Waals surface area contributed by atoms with Crippen molar-refractivity contribution in [2.45, 2.75) is 39.0 Å². The van der Waals surface area contributed by atoms with Crippen LogP contribution in [0.3, 0.4) is 0 Å². The molecule has 1 atom stereocenters. The summed E-state index contributed by atoms with van der Waals surface area (Å²) in [6.07, 6.45) is 8.16. The van der Waals surface area contributed by atoms with E-state index in [9.17, 15) is 0 Å². The van der Waals surface area contributed by atoms with Gasteiger partial charge >= 0.3 is 0 Å². The van der Waals surface area contributed by atoms with E-state index >= 15 is 0 Å². The molecule has 0 aromatic rings. The summed E-state index contributed by atoms with van der Waals surface area (Å²) >= 11 is 0. The van der Waals surface area contributed by atoms with Gasteiger partial charge in [0.25, 0.3) is 0 Å². The van der Waals surface area contributed by atoms with Gasteiger partial charge in [0.1, 0.15) is 5.76 Å². The largest absolute Gasteiger partial charge is 0.416 e. The predicted octanol–water partition coefficient (Wildman–Crippen LogP) is 2.36. The Morgan fingerprint density at radius 1 is 1.73 bits per heavy atom. The summed E-state index contributed by atoms with van der Waals surface area (Å²) in [6, 6.07) is 0. The van der Waals surface area contributed by atoms with Crippen LogP contribution in [0.4, 0.5) is 0 Å². The molecule has 0 amide bonds. The Morgan fingerprint density at radius 2 is 2.55 bits per heavy atom. The van der Waals surface area contributed by atoms with Crippen LogP contribution in [0.5, 0.6) is 0 Å². The Labute approximate surface area is 68.4 Å². The Balaban J connectivity index is 2.33. The highest BCUT2D eigenvalue weighted by atomic mass is 16.6. The molecule has 0 heterocycles. The third-order valence-corrected chi connectivity index (χ3v) is 2.29. The second-order valence-corrected chi connectivity index (χ2v) is 3.22. The van der Waals surface area contributed by atoms with Crippen molar-refractivity contribution in [3.8, 4) is 0 Å². The van der Waals surface area contributed by atoms with Gasteiger partial charge in [0.2, 0.25) is 0 Å². The zero-order chi connectivity index (χ0) is 8.10. The number of hydrogen-bond acceptors (Lipinski definition) is 2. The van der Waals surface area contributed by atoms with Gasteiger partial charge in [0.05, 0.1) is 0 Å². The molecule has 64 valence electrons. The first-order valence-electron chi connectivity index (χ1n) is 4.42. The molecule has 0 fully saturated rings. The second kappa shape index (κ2) is 4.39. The summed E-state index contributed by atoms with van der Waals surface area (Å²) in [5.41, 5.74) is 0. The van der Waals surface area contributed by atoms with Gasteiger partial charge in [0, 0.05) is 6.42 Å². The summed E-state index contributed by atoms with van der Waals surface area (Å²) in [5, 5.41) is 0. The smallest absolute Gasteiger partial charge is 0.120 e. The van der Waals surface area contributed by atoms with E-state index in [-0.39, 0.29) is 0 Å². The van der Waals surface area contributed by atoms with Crippen LogP contribution in [0.1, 0.15) is 39.0 Å². The molecule has 1 aliphatic carbocycles. The van der Waals surface area contributed by atoms with Crippen LogP contribution in [0, 0.1) is 5.92 Å². The van der Waals surface area contributed by atoms with Crippen molar-refractivity contribution in [3.63, 3.8) is 0 Å². The normalized spacial score (nSPS) is 24.5. The van der Waals surface area contributed by atoms with Gasteiger partial charge in [-0.1, -0.05) is 19.8 Å². The van der Waals surface area contributed by atoms with E-state index in [1.165, 1.54) is 19.3 Å². The van der Waals surface area contributed by atoms with Gasteiger partial charge in [-0.25, -0.2) is 0 Å². The minimum absolute atomic E-state index is 0.809. The topological polar surface area (TPSA) is 35.2 Å². The van der Waals surface area contributed by atoms with Crippen LogP contribution >= 0.6 is 0 Å². The molecular weight excluding hydrogens is 138 g/mol. The van der Waals surface area contributed by atoms with Crippen LogP contribution in [0.15, 0.2) is 11.8 Å². The van der Waals surface area contributed by atoms with Gasteiger partial charge in [-0.3, -0.25) is 0 Å². The van der Waals surface area contributed by atoms with E-state index in [2.05, 4.69) is 13.0 Å². The molecule has 0 aromatic carbocycles. The Kier molecular flexibility index (Phi) is 3.43. The van der Waals surface area contributed by atoms with Crippen molar-refractivity contribution in [3.05, 3.63) is 11.8 Å². The standard InChI is InChI=1S/C9H17NO/c1-2-4-8-5-3-6-9(7-8)11-10/h6,8H,2-5,7,10H2,1H3. The molecule has 0 bridgehead atoms. The van der Waals surface area contributed by atoms with Gasteiger partial charge in [-0.15, -0.1) is 0 Å². The summed E-state index contributed by atoms with van der Waals surface area (Å²) < 4.78 is 0. The first-order chi connectivity index (χ1) is 5.36. The zero-order valence-electron chi connectivity index (χ0n) is 7.18. The molecule has 0 aromatic heterocycles. The monoisotopic (exact) mass is 155 g/mol. The van der Waals surface area contributed by atoms with E-state index in [4.69, 9.17) is 10.7 Å². The SMILES string of the molecule is CCCC1CCC=C(ON)C1. The lowest BCUT2D eigenvalue weighted by molar-refractivity contribution is 0.185. The van der Waals surface area contributed by atoms with E-state index in [0.29, 0.717) is 0 Å². The molecule has 2 N–H and O–H groups in total. The van der Waals surface area contributed by atoms with E-state index in [1.54, 1.807) is 0 Å². The molecule has 1 rings (SSSR count). The molecule has 1 unspecified atom stereocenters. The average Bonchev–Trinajstić information content (AvgIpc) is 2.06. The first kappa shape index (κ1) is 8.60. The van der Waals surface area contributed by atoms with Crippen LogP contribution in [-0.4, -0.2) is 0 Å². The number of hydrogen-bond donors (Lipinski definition) is 1. The number of rotatable bonds is 3. The minimum atomic E-state index is 0.809. The Hall–Kier alpha value is -0.500. The van der Waals surface area contributed by atoms with E-state index in [0.717, 1.165) is 24.5 Å². The van der Waals surface area contributed by atoms with Crippen LogP contribution < -0.4 is 5.90 Å². The summed E-state index contributed by atoms with van der Waals surface area (Å²) in [4.78, 5) is 4.73. The quantitative estimate of drug-likeness (QED) is 0.635. The molecule has 0 spiro atoms. The van der Waals surface area contributed by atoms with Crippen molar-refractivity contribution < 1.29 is 4.84 Å². The summed E-state index contributed by atoms with van der Waals surface area (Å²) in [7, 11) is 0. The maximum absolute atomic E-state index is 5.09. The lowest BCUT2D eigenvalue weighted by Crippen LogP contribution is -2.10. The van der Waals surface area contributed by atoms with Gasteiger partial charge < -0.3 is 4.84 Å². The third-order valence-electron chi connectivity index (χ3n) is 2.29. The minimum Gasteiger partial charge on any atom is -0.416 e. The Bertz CT molecular complexity index is 142. The maximum Gasteiger partial charge on any atom is 0.120 e. The average molecular weight is 155 g/mol. The molecule has 0 aliphatic heterocycles. The molecule has 2 heteroatoms. The van der Waals surface area contributed by atoms with E-state index < -0.39 is 0 Å². The molecular formula is C9H17NO. The number of allylic oxidation sites excluding steroid dienone is 2. The third kappa shape index (κ3) is 2.54. The highest BCUT2D eigenvalue weighted by Crippen LogP contribution is 2.27. The van der Waals surface area contributed by atoms with Crippen LogP contribution in [-0.2, 0) is 4.84 Å². The molecule has 2 nitrogen and oxygen atoms in total. The molecule has 1 aliphatic rings. The van der Waals surface area contributed by atoms with Crippen molar-refractivity contribution in [1.29, 1.82) is 0 Å². The lowest BCUT2D eigenvalue weighted by atomic mass is 9.89. The Morgan fingerprint density at radius 3 is 3.18 bits per heavy atom. The molecule has 11 heavy (non-hydrogen) atoms. The molecule has 0 saturated carbocycles. The molecule has 0 saturated heterocycles. The van der Waals surface area contributed by atoms with Crippen molar-refractivity contribution in [2.24, 2.45) is 11.8 Å². The maximum atomic E-state index is 5.09. The second-order valence-electron chi connectivity index (χ2n) is 3.22. The van der Waals surface area contributed by atoms with Gasteiger partial charge in [0.15, 0.2) is 0 Å². The van der Waals surface area contributed by atoms with Crippen molar-refractivity contribution >= 4 is 0 Å². The number of nitrogens with two attached hydrogens (primary N) is 1. The zero-order valence-corrected chi connectivity index (χ0v) is 7.18. The lowest BCUT2D eigenvalue weighted by Gasteiger charge is -2.20. The molecule has 0 radical (unpaired) electrons. The fourth-order valence-electron chi connectivity index (χ4n) is 1.70. The summed E-state index contributed by atoms with van der Waals surface area (Å²) in [6.45, 7) is 2.22.